The van der Waals surface area contributed by atoms with Gasteiger partial charge in [-0.15, -0.1) is 0 Å². The summed E-state index contributed by atoms with van der Waals surface area (Å²) < 4.78 is 2.55. The molecule has 0 aliphatic rings. The number of nitrogens with zero attached hydrogens (tertiary/aromatic N) is 1. The molecule has 0 atom stereocenters. The predicted molar refractivity (Wildman–Crippen MR) is 116 cm³/mol. The highest BCUT2D eigenvalue weighted by atomic mass is 28.3. The van der Waals surface area contributed by atoms with E-state index in [0.717, 1.165) is 6.54 Å². The molecule has 0 unspecified atom stereocenters. The lowest BCUT2D eigenvalue weighted by Crippen LogP contribution is -2.37. The normalized spacial score (nSPS) is 12.3. The summed E-state index contributed by atoms with van der Waals surface area (Å²) in [5, 5.41) is 4.42. The van der Waals surface area contributed by atoms with E-state index >= 15 is 0 Å². The summed E-state index contributed by atoms with van der Waals surface area (Å²) in [6, 6.07) is 16.2. The highest BCUT2D eigenvalue weighted by Gasteiger charge is 2.18. The third kappa shape index (κ3) is 4.00. The zero-order valence-electron chi connectivity index (χ0n) is 16.4. The molecule has 0 N–H and O–H groups in total. The maximum absolute atomic E-state index is 2.55. The van der Waals surface area contributed by atoms with Crippen LogP contribution in [0.1, 0.15) is 45.4 Å². The van der Waals surface area contributed by atoms with E-state index in [2.05, 4.69) is 73.6 Å². The standard InChI is InChI=1S/C23H33NSi/c1-5-6-7-8-9-12-17-24-22-14-11-10-13-20(22)21-18-19(25(2,3)4)15-16-23(21)24/h10-11,13-16,18H,5-9,12,17H2,1-4H3. The van der Waals surface area contributed by atoms with Gasteiger partial charge in [0.25, 0.3) is 0 Å². The van der Waals surface area contributed by atoms with E-state index in [1.54, 1.807) is 5.19 Å². The van der Waals surface area contributed by atoms with Crippen molar-refractivity contribution in [2.75, 3.05) is 0 Å². The maximum atomic E-state index is 2.55. The molecule has 3 aromatic rings. The van der Waals surface area contributed by atoms with Crippen molar-refractivity contribution >= 4 is 35.1 Å². The third-order valence-corrected chi connectivity index (χ3v) is 7.42. The van der Waals surface area contributed by atoms with Crippen LogP contribution >= 0.6 is 0 Å². The first-order valence-corrected chi connectivity index (χ1v) is 13.5. The number of hydrogen-bond acceptors (Lipinski definition) is 0. The van der Waals surface area contributed by atoms with Crippen molar-refractivity contribution in [3.63, 3.8) is 0 Å². The van der Waals surface area contributed by atoms with Gasteiger partial charge in [0.05, 0.1) is 8.07 Å². The fourth-order valence-corrected chi connectivity index (χ4v) is 4.97. The predicted octanol–water partition coefficient (Wildman–Crippen LogP) is 6.70. The molecule has 134 valence electrons. The zero-order chi connectivity index (χ0) is 17.9. The van der Waals surface area contributed by atoms with Gasteiger partial charge in [-0.2, -0.15) is 0 Å². The summed E-state index contributed by atoms with van der Waals surface area (Å²) in [5.74, 6) is 0. The van der Waals surface area contributed by atoms with Crippen LogP contribution < -0.4 is 5.19 Å². The number of benzene rings is 2. The first kappa shape index (κ1) is 18.3. The molecule has 0 aliphatic heterocycles. The van der Waals surface area contributed by atoms with Gasteiger partial charge in [0.2, 0.25) is 0 Å². The molecule has 25 heavy (non-hydrogen) atoms. The van der Waals surface area contributed by atoms with Crippen LogP contribution in [0.3, 0.4) is 0 Å². The number of fused-ring (bicyclic) bond motifs is 3. The second kappa shape index (κ2) is 7.78. The largest absolute Gasteiger partial charge is 0.340 e. The van der Waals surface area contributed by atoms with Gasteiger partial charge in [-0.05, 0) is 18.6 Å². The number of unbranched alkanes of at least 4 members (excludes halogenated alkanes) is 5. The molecule has 1 heterocycles. The van der Waals surface area contributed by atoms with Crippen molar-refractivity contribution in [2.24, 2.45) is 0 Å². The van der Waals surface area contributed by atoms with Crippen molar-refractivity contribution in [2.45, 2.75) is 71.6 Å². The van der Waals surface area contributed by atoms with Crippen LogP contribution in [0.5, 0.6) is 0 Å². The zero-order valence-corrected chi connectivity index (χ0v) is 17.4. The second-order valence-electron chi connectivity index (χ2n) is 8.42. The van der Waals surface area contributed by atoms with Crippen LogP contribution in [0, 0.1) is 0 Å². The monoisotopic (exact) mass is 351 g/mol. The summed E-state index contributed by atoms with van der Waals surface area (Å²) >= 11 is 0. The molecule has 2 heteroatoms. The lowest BCUT2D eigenvalue weighted by molar-refractivity contribution is 0.571. The molecule has 0 aliphatic carbocycles. The Bertz CT molecular complexity index is 838. The van der Waals surface area contributed by atoms with E-state index in [4.69, 9.17) is 0 Å². The van der Waals surface area contributed by atoms with E-state index in [1.807, 2.05) is 0 Å². The molecule has 1 nitrogen and oxygen atoms in total. The lowest BCUT2D eigenvalue weighted by atomic mass is 10.1. The van der Waals surface area contributed by atoms with Crippen LogP contribution in [0.15, 0.2) is 42.5 Å². The minimum Gasteiger partial charge on any atom is -0.340 e. The number of rotatable bonds is 8. The molecule has 0 spiro atoms. The molecular weight excluding hydrogens is 318 g/mol. The fourth-order valence-electron chi connectivity index (χ4n) is 3.81. The molecule has 0 amide bonds. The van der Waals surface area contributed by atoms with E-state index < -0.39 is 8.07 Å². The first-order chi connectivity index (χ1) is 12.0. The number of para-hydroxylation sites is 1. The van der Waals surface area contributed by atoms with Crippen molar-refractivity contribution in [3.8, 4) is 0 Å². The number of aromatic nitrogens is 1. The lowest BCUT2D eigenvalue weighted by Gasteiger charge is -2.17. The van der Waals surface area contributed by atoms with Crippen molar-refractivity contribution in [1.29, 1.82) is 0 Å². The van der Waals surface area contributed by atoms with Gasteiger partial charge in [0, 0.05) is 28.4 Å². The van der Waals surface area contributed by atoms with E-state index in [-0.39, 0.29) is 0 Å². The molecule has 0 fully saturated rings. The Balaban J connectivity index is 1.91. The smallest absolute Gasteiger partial charge is 0.0776 e. The van der Waals surface area contributed by atoms with E-state index in [1.165, 1.54) is 60.3 Å². The van der Waals surface area contributed by atoms with Gasteiger partial charge in [-0.1, -0.05) is 94.2 Å². The Labute approximate surface area is 154 Å². The Kier molecular flexibility index (Phi) is 5.68. The molecule has 1 aromatic heterocycles. The molecule has 2 aromatic carbocycles. The van der Waals surface area contributed by atoms with Crippen LogP contribution in [0.2, 0.25) is 19.6 Å². The highest BCUT2D eigenvalue weighted by Crippen LogP contribution is 2.29. The summed E-state index contributed by atoms with van der Waals surface area (Å²) in [7, 11) is -1.28. The molecule has 0 saturated carbocycles. The van der Waals surface area contributed by atoms with Crippen LogP contribution in [-0.2, 0) is 6.54 Å². The first-order valence-electron chi connectivity index (χ1n) is 10.0. The van der Waals surface area contributed by atoms with Crippen molar-refractivity contribution < 1.29 is 0 Å². The summed E-state index contributed by atoms with van der Waals surface area (Å²) in [5.41, 5.74) is 2.82. The third-order valence-electron chi connectivity index (χ3n) is 5.37. The van der Waals surface area contributed by atoms with Gasteiger partial charge >= 0.3 is 0 Å². The van der Waals surface area contributed by atoms with Gasteiger partial charge in [-0.3, -0.25) is 0 Å². The topological polar surface area (TPSA) is 4.93 Å². The van der Waals surface area contributed by atoms with Crippen molar-refractivity contribution in [3.05, 3.63) is 42.5 Å². The average Bonchev–Trinajstić information content (AvgIpc) is 2.91. The molecule has 3 rings (SSSR count). The van der Waals surface area contributed by atoms with Gasteiger partial charge < -0.3 is 4.57 Å². The SMILES string of the molecule is CCCCCCCCn1c2ccccc2c2cc([Si](C)(C)C)ccc21. The van der Waals surface area contributed by atoms with Gasteiger partial charge in [0.1, 0.15) is 0 Å². The second-order valence-corrected chi connectivity index (χ2v) is 13.5. The fraction of sp³-hybridized carbons (Fsp3) is 0.478. The van der Waals surface area contributed by atoms with Crippen LogP contribution in [-0.4, -0.2) is 12.6 Å². The molecule has 0 saturated heterocycles. The Hall–Kier alpha value is -1.54. The maximum Gasteiger partial charge on any atom is 0.0776 e. The van der Waals surface area contributed by atoms with Crippen molar-refractivity contribution in [1.82, 2.24) is 4.57 Å². The Morgan fingerprint density at radius 1 is 0.760 bits per heavy atom. The molecule has 0 radical (unpaired) electrons. The minimum absolute atomic E-state index is 1.14. The Morgan fingerprint density at radius 2 is 1.44 bits per heavy atom. The average molecular weight is 352 g/mol. The van der Waals surface area contributed by atoms with Gasteiger partial charge in [-0.25, -0.2) is 0 Å². The van der Waals surface area contributed by atoms with Crippen LogP contribution in [0.4, 0.5) is 0 Å². The van der Waals surface area contributed by atoms with E-state index in [0.29, 0.717) is 0 Å². The van der Waals surface area contributed by atoms with Gasteiger partial charge in [0.15, 0.2) is 0 Å². The summed E-state index contributed by atoms with van der Waals surface area (Å²) in [6.45, 7) is 10.7. The highest BCUT2D eigenvalue weighted by molar-refractivity contribution is 6.88. The van der Waals surface area contributed by atoms with Crippen LogP contribution in [0.25, 0.3) is 21.8 Å². The molecule has 0 bridgehead atoms. The van der Waals surface area contributed by atoms with E-state index in [9.17, 15) is 0 Å². The number of hydrogen-bond donors (Lipinski definition) is 0. The summed E-state index contributed by atoms with van der Waals surface area (Å²) in [4.78, 5) is 0. The minimum atomic E-state index is -1.28. The molecular formula is C23H33NSi. The number of aryl methyl sites for hydroxylation is 1. The Morgan fingerprint density at radius 3 is 2.20 bits per heavy atom. The quantitative estimate of drug-likeness (QED) is 0.314. The summed E-state index contributed by atoms with van der Waals surface area (Å²) in [6.07, 6.45) is 8.11.